The number of nitrogens with zero attached hydrogens (tertiary/aromatic N) is 1. The lowest BCUT2D eigenvalue weighted by atomic mass is 9.78. The van der Waals surface area contributed by atoms with E-state index < -0.39 is 16.1 Å². The number of carbonyl (C=O) groups is 2. The number of anilines is 1. The molecule has 2 aromatic carbocycles. The predicted octanol–water partition coefficient (Wildman–Crippen LogP) is 5.25. The molecule has 1 atom stereocenters. The van der Waals surface area contributed by atoms with Crippen molar-refractivity contribution in [3.63, 3.8) is 0 Å². The maximum Gasteiger partial charge on any atom is 0.252 e. The van der Waals surface area contributed by atoms with Gasteiger partial charge in [-0.15, -0.1) is 0 Å². The van der Waals surface area contributed by atoms with Crippen LogP contribution >= 0.6 is 11.3 Å². The van der Waals surface area contributed by atoms with E-state index in [0.717, 1.165) is 48.1 Å². The zero-order valence-corrected chi connectivity index (χ0v) is 24.2. The lowest BCUT2D eigenvalue weighted by Crippen LogP contribution is -2.34. The highest BCUT2D eigenvalue weighted by Gasteiger charge is 2.31. The van der Waals surface area contributed by atoms with Gasteiger partial charge in [0.25, 0.3) is 10.0 Å². The molecule has 8 nitrogen and oxygen atoms in total. The first-order chi connectivity index (χ1) is 18.6. The first-order valence-corrected chi connectivity index (χ1v) is 15.6. The number of aryl methyl sites for hydroxylation is 2. The molecule has 39 heavy (non-hydrogen) atoms. The third kappa shape index (κ3) is 7.97. The summed E-state index contributed by atoms with van der Waals surface area (Å²) < 4.78 is 29.8. The van der Waals surface area contributed by atoms with Gasteiger partial charge in [-0.1, -0.05) is 71.5 Å². The molecule has 0 spiro atoms. The van der Waals surface area contributed by atoms with Crippen molar-refractivity contribution in [3.8, 4) is 0 Å². The van der Waals surface area contributed by atoms with Crippen molar-refractivity contribution < 1.29 is 18.0 Å². The highest BCUT2D eigenvalue weighted by molar-refractivity contribution is 7.91. The van der Waals surface area contributed by atoms with Crippen LogP contribution in [-0.2, 0) is 26.2 Å². The number of hydrogen-bond donors (Lipinski definition) is 3. The first-order valence-electron chi connectivity index (χ1n) is 13.3. The summed E-state index contributed by atoms with van der Waals surface area (Å²) in [7, 11) is -3.87. The molecule has 1 heterocycles. The Morgan fingerprint density at radius 2 is 1.67 bits per heavy atom. The Kier molecular flexibility index (Phi) is 9.53. The third-order valence-corrected chi connectivity index (χ3v) is 10.3. The summed E-state index contributed by atoms with van der Waals surface area (Å²) in [6.45, 7) is 5.55. The number of rotatable bonds is 10. The Labute approximate surface area is 234 Å². The number of thiazole rings is 1. The molecule has 3 N–H and O–H groups in total. The van der Waals surface area contributed by atoms with Crippen molar-refractivity contribution in [1.29, 1.82) is 0 Å². The smallest absolute Gasteiger partial charge is 0.252 e. The monoisotopic (exact) mass is 568 g/mol. The Morgan fingerprint density at radius 1 is 1.00 bits per heavy atom. The van der Waals surface area contributed by atoms with E-state index in [9.17, 15) is 18.0 Å². The Morgan fingerprint density at radius 3 is 2.31 bits per heavy atom. The molecule has 2 amide bonds. The molecule has 4 rings (SSSR count). The fraction of sp³-hybridized carbons (Fsp3) is 0.414. The van der Waals surface area contributed by atoms with Gasteiger partial charge < -0.3 is 10.6 Å². The first kappa shape index (κ1) is 28.9. The Balaban J connectivity index is 1.38. The molecule has 10 heteroatoms. The number of sulfonamides is 1. The topological polar surface area (TPSA) is 117 Å². The second kappa shape index (κ2) is 12.8. The van der Waals surface area contributed by atoms with Crippen molar-refractivity contribution in [1.82, 2.24) is 15.0 Å². The molecule has 3 aromatic rings. The van der Waals surface area contributed by atoms with Crippen LogP contribution in [0.25, 0.3) is 0 Å². The van der Waals surface area contributed by atoms with Crippen LogP contribution < -0.4 is 15.4 Å². The second-order valence-electron chi connectivity index (χ2n) is 10.3. The van der Waals surface area contributed by atoms with Crippen LogP contribution in [0, 0.1) is 25.7 Å². The van der Waals surface area contributed by atoms with Gasteiger partial charge in [0, 0.05) is 25.4 Å². The highest BCUT2D eigenvalue weighted by Crippen LogP contribution is 2.36. The van der Waals surface area contributed by atoms with Crippen molar-refractivity contribution >= 4 is 38.3 Å². The lowest BCUT2D eigenvalue weighted by molar-refractivity contribution is -0.126. The van der Waals surface area contributed by atoms with Crippen molar-refractivity contribution in [2.75, 3.05) is 5.32 Å². The number of nitrogens with one attached hydrogen (secondary N) is 3. The van der Waals surface area contributed by atoms with E-state index in [2.05, 4.69) is 20.3 Å². The van der Waals surface area contributed by atoms with E-state index in [4.69, 9.17) is 0 Å². The van der Waals surface area contributed by atoms with Gasteiger partial charge in [0.15, 0.2) is 9.34 Å². The summed E-state index contributed by atoms with van der Waals surface area (Å²) in [4.78, 5) is 28.4. The van der Waals surface area contributed by atoms with E-state index in [-0.39, 0.29) is 33.0 Å². The van der Waals surface area contributed by atoms with Crippen LogP contribution in [0.1, 0.15) is 67.5 Å². The van der Waals surface area contributed by atoms with E-state index in [1.54, 1.807) is 6.92 Å². The molecule has 1 saturated carbocycles. The van der Waals surface area contributed by atoms with Gasteiger partial charge in [-0.25, -0.2) is 18.1 Å². The number of hydrogen-bond acceptors (Lipinski definition) is 6. The summed E-state index contributed by atoms with van der Waals surface area (Å²) in [5.74, 6) is 0.0504. The van der Waals surface area contributed by atoms with Crippen LogP contribution in [0.2, 0.25) is 0 Å². The summed E-state index contributed by atoms with van der Waals surface area (Å²) in [6.07, 6.45) is 3.93. The third-order valence-electron chi connectivity index (χ3n) is 7.15. The van der Waals surface area contributed by atoms with Crippen LogP contribution in [-0.4, -0.2) is 25.2 Å². The van der Waals surface area contributed by atoms with Gasteiger partial charge in [-0.2, -0.15) is 0 Å². The van der Waals surface area contributed by atoms with Crippen LogP contribution in [0.3, 0.4) is 0 Å². The van der Waals surface area contributed by atoms with Crippen molar-refractivity contribution in [2.24, 2.45) is 11.8 Å². The molecular weight excluding hydrogens is 532 g/mol. The summed E-state index contributed by atoms with van der Waals surface area (Å²) in [5.41, 5.74) is 3.51. The van der Waals surface area contributed by atoms with E-state index in [1.165, 1.54) is 12.5 Å². The van der Waals surface area contributed by atoms with E-state index in [0.29, 0.717) is 18.7 Å². The van der Waals surface area contributed by atoms with Gasteiger partial charge >= 0.3 is 0 Å². The van der Waals surface area contributed by atoms with E-state index in [1.807, 2.05) is 61.5 Å². The zero-order chi connectivity index (χ0) is 28.0. The lowest BCUT2D eigenvalue weighted by Gasteiger charge is -2.31. The van der Waals surface area contributed by atoms with Gasteiger partial charge in [0.1, 0.15) is 0 Å². The molecule has 1 aliphatic carbocycles. The number of benzene rings is 2. The van der Waals surface area contributed by atoms with Crippen LogP contribution in [0.15, 0.2) is 58.8 Å². The average molecular weight is 569 g/mol. The number of aromatic nitrogens is 1. The predicted molar refractivity (Wildman–Crippen MR) is 154 cm³/mol. The molecule has 208 valence electrons. The SMILES string of the molecule is CC(=O)Nc1nc(C)c(S(=O)(=O)NC(CC2CCC(C(=O)NCc3ccc(C)cc3)CC2)c2ccccc2)s1. The number of amides is 2. The maximum absolute atomic E-state index is 13.4. The maximum atomic E-state index is 13.4. The van der Waals surface area contributed by atoms with Crippen LogP contribution in [0.5, 0.6) is 0 Å². The van der Waals surface area contributed by atoms with Gasteiger partial charge in [-0.05, 0) is 63.0 Å². The Hall–Kier alpha value is -3.08. The minimum Gasteiger partial charge on any atom is -0.352 e. The second-order valence-corrected chi connectivity index (χ2v) is 13.2. The molecule has 0 radical (unpaired) electrons. The molecule has 0 bridgehead atoms. The molecular formula is C29H36N4O4S2. The van der Waals surface area contributed by atoms with E-state index >= 15 is 0 Å². The average Bonchev–Trinajstić information content (AvgIpc) is 3.28. The fourth-order valence-corrected chi connectivity index (χ4v) is 7.76. The van der Waals surface area contributed by atoms with Crippen molar-refractivity contribution in [2.45, 2.75) is 69.7 Å². The normalized spacial score (nSPS) is 18.3. The quantitative estimate of drug-likeness (QED) is 0.309. The van der Waals surface area contributed by atoms with Gasteiger partial charge in [0.05, 0.1) is 5.69 Å². The molecule has 0 saturated heterocycles. The zero-order valence-electron chi connectivity index (χ0n) is 22.6. The minimum absolute atomic E-state index is 0.0226. The molecule has 1 fully saturated rings. The Bertz CT molecular complexity index is 1380. The van der Waals surface area contributed by atoms with Gasteiger partial charge in [-0.3, -0.25) is 9.59 Å². The highest BCUT2D eigenvalue weighted by atomic mass is 32.2. The minimum atomic E-state index is -3.87. The molecule has 0 aliphatic heterocycles. The molecule has 1 unspecified atom stereocenters. The summed E-state index contributed by atoms with van der Waals surface area (Å²) >= 11 is 0.947. The largest absolute Gasteiger partial charge is 0.352 e. The van der Waals surface area contributed by atoms with Crippen molar-refractivity contribution in [3.05, 3.63) is 77.0 Å². The summed E-state index contributed by atoms with van der Waals surface area (Å²) in [5, 5.41) is 5.90. The standard InChI is InChI=1S/C29H36N4O4S2/c1-19-9-11-23(12-10-19)18-30-27(35)25-15-13-22(14-16-25)17-26(24-7-5-4-6-8-24)33-39(36,37)28-20(2)31-29(38-28)32-21(3)34/h4-12,22,25-26,33H,13-18H2,1-3H3,(H,30,35)(H,31,32,34). The summed E-state index contributed by atoms with van der Waals surface area (Å²) in [6, 6.07) is 17.3. The molecule has 1 aliphatic rings. The molecule has 1 aromatic heterocycles. The number of carbonyl (C=O) groups excluding carboxylic acids is 2. The van der Waals surface area contributed by atoms with Crippen LogP contribution in [0.4, 0.5) is 5.13 Å². The fourth-order valence-electron chi connectivity index (χ4n) is 5.05. The van der Waals surface area contributed by atoms with Gasteiger partial charge in [0.2, 0.25) is 11.8 Å².